The number of quaternary nitrogens is 1. The second-order valence-electron chi connectivity index (χ2n) is 5.34. The highest BCUT2D eigenvalue weighted by Crippen LogP contribution is 2.28. The van der Waals surface area contributed by atoms with Gasteiger partial charge in [0.15, 0.2) is 6.67 Å². The van der Waals surface area contributed by atoms with Crippen LogP contribution in [0.25, 0.3) is 11.5 Å². The van der Waals surface area contributed by atoms with Crippen molar-refractivity contribution in [3.05, 3.63) is 29.1 Å². The zero-order chi connectivity index (χ0) is 14.7. The van der Waals surface area contributed by atoms with Gasteiger partial charge in [-0.1, -0.05) is 12.1 Å². The van der Waals surface area contributed by atoms with Gasteiger partial charge in [0.25, 0.3) is 10.7 Å². The first kappa shape index (κ1) is 14.3. The summed E-state index contributed by atoms with van der Waals surface area (Å²) in [6, 6.07) is 7.68. The van der Waals surface area contributed by atoms with Crippen molar-refractivity contribution < 1.29 is 14.1 Å². The van der Waals surface area contributed by atoms with Crippen LogP contribution >= 0.6 is 12.2 Å². The fourth-order valence-electron chi connectivity index (χ4n) is 2.76. The molecule has 1 N–H and O–H groups in total. The molecule has 2 heterocycles. The minimum atomic E-state index is 0.425. The van der Waals surface area contributed by atoms with Crippen molar-refractivity contribution >= 4 is 12.2 Å². The molecule has 0 saturated carbocycles. The number of nitrogens with one attached hydrogen (secondary N) is 1. The molecule has 3 rings (SSSR count). The van der Waals surface area contributed by atoms with E-state index in [0.29, 0.717) is 10.7 Å². The zero-order valence-electron chi connectivity index (χ0n) is 12.2. The molecule has 1 aliphatic rings. The Morgan fingerprint density at radius 3 is 2.81 bits per heavy atom. The minimum absolute atomic E-state index is 0.425. The van der Waals surface area contributed by atoms with Gasteiger partial charge >= 0.3 is 0 Å². The lowest BCUT2D eigenvalue weighted by atomic mass is 10.1. The summed E-state index contributed by atoms with van der Waals surface area (Å²) in [5.74, 6) is 1.26. The third kappa shape index (κ3) is 3.16. The summed E-state index contributed by atoms with van der Waals surface area (Å²) in [6.45, 7) is 3.13. The van der Waals surface area contributed by atoms with Crippen LogP contribution in [0.15, 0.2) is 28.7 Å². The van der Waals surface area contributed by atoms with Crippen molar-refractivity contribution in [3.8, 4) is 17.2 Å². The smallest absolute Gasteiger partial charge is 0.292 e. The van der Waals surface area contributed by atoms with Crippen molar-refractivity contribution in [1.29, 1.82) is 0 Å². The molecule has 6 heteroatoms. The summed E-state index contributed by atoms with van der Waals surface area (Å²) >= 11 is 5.30. The molecule has 112 valence electrons. The summed E-state index contributed by atoms with van der Waals surface area (Å²) < 4.78 is 12.8. The largest absolute Gasteiger partial charge is 0.496 e. The average Bonchev–Trinajstić information content (AvgIpc) is 2.89. The molecule has 5 nitrogen and oxygen atoms in total. The normalized spacial score (nSPS) is 16.0. The second-order valence-corrected chi connectivity index (χ2v) is 5.69. The topological polar surface area (TPSA) is 44.6 Å². The van der Waals surface area contributed by atoms with Gasteiger partial charge in [-0.3, -0.25) is 0 Å². The number of piperidine rings is 1. The molecule has 0 bridgehead atoms. The number of ether oxygens (including phenoxy) is 1. The Kier molecular flexibility index (Phi) is 4.36. The van der Waals surface area contributed by atoms with Crippen molar-refractivity contribution in [3.63, 3.8) is 0 Å². The van der Waals surface area contributed by atoms with Gasteiger partial charge < -0.3 is 14.1 Å². The highest BCUT2D eigenvalue weighted by atomic mass is 32.1. The molecule has 0 radical (unpaired) electrons. The van der Waals surface area contributed by atoms with Gasteiger partial charge in [0.05, 0.1) is 25.8 Å². The van der Waals surface area contributed by atoms with Crippen molar-refractivity contribution in [1.82, 2.24) is 9.78 Å². The predicted octanol–water partition coefficient (Wildman–Crippen LogP) is 1.91. The lowest BCUT2D eigenvalue weighted by molar-refractivity contribution is -0.928. The molecule has 1 aromatic carbocycles. The minimum Gasteiger partial charge on any atom is -0.496 e. The molecule has 0 aliphatic carbocycles. The summed E-state index contributed by atoms with van der Waals surface area (Å²) in [6.07, 6.45) is 3.89. The Labute approximate surface area is 129 Å². The van der Waals surface area contributed by atoms with Crippen LogP contribution < -0.4 is 9.64 Å². The highest BCUT2D eigenvalue weighted by Gasteiger charge is 2.18. The molecule has 1 aromatic heterocycles. The SMILES string of the molecule is COc1ccccc1-c1nn(C[NH+]2CCCCC2)c(=S)o1. The first-order valence-corrected chi connectivity index (χ1v) is 7.73. The van der Waals surface area contributed by atoms with E-state index >= 15 is 0 Å². The molecular formula is C15H20N3O2S+. The van der Waals surface area contributed by atoms with E-state index in [1.807, 2.05) is 24.3 Å². The first-order valence-electron chi connectivity index (χ1n) is 7.33. The summed E-state index contributed by atoms with van der Waals surface area (Å²) in [5, 5.41) is 4.53. The molecular weight excluding hydrogens is 286 g/mol. The second kappa shape index (κ2) is 6.41. The van der Waals surface area contributed by atoms with Crippen LogP contribution in [0.5, 0.6) is 5.75 Å². The van der Waals surface area contributed by atoms with E-state index in [1.54, 1.807) is 11.8 Å². The summed E-state index contributed by atoms with van der Waals surface area (Å²) in [7, 11) is 1.64. The lowest BCUT2D eigenvalue weighted by Crippen LogP contribution is -3.12. The number of nitrogens with zero attached hydrogens (tertiary/aromatic N) is 2. The van der Waals surface area contributed by atoms with Gasteiger partial charge in [-0.15, -0.1) is 5.10 Å². The van der Waals surface area contributed by atoms with Crippen LogP contribution in [-0.4, -0.2) is 30.0 Å². The Morgan fingerprint density at radius 2 is 2.05 bits per heavy atom. The first-order chi connectivity index (χ1) is 10.3. The van der Waals surface area contributed by atoms with Crippen LogP contribution in [0.2, 0.25) is 0 Å². The maximum atomic E-state index is 5.66. The number of hydrogen-bond acceptors (Lipinski definition) is 4. The van der Waals surface area contributed by atoms with Gasteiger partial charge in [0, 0.05) is 0 Å². The van der Waals surface area contributed by atoms with Crippen molar-refractivity contribution in [2.75, 3.05) is 20.2 Å². The summed E-state index contributed by atoms with van der Waals surface area (Å²) in [4.78, 5) is 1.94. The Bertz CT molecular complexity index is 659. The lowest BCUT2D eigenvalue weighted by Gasteiger charge is -2.22. The Hall–Kier alpha value is -1.66. The van der Waals surface area contributed by atoms with Gasteiger partial charge in [-0.05, 0) is 43.6 Å². The number of benzene rings is 1. The van der Waals surface area contributed by atoms with E-state index in [-0.39, 0.29) is 0 Å². The molecule has 2 aromatic rings. The molecule has 0 atom stereocenters. The van der Waals surface area contributed by atoms with Crippen LogP contribution in [0.4, 0.5) is 0 Å². The summed E-state index contributed by atoms with van der Waals surface area (Å²) in [5.41, 5.74) is 0.832. The number of methoxy groups -OCH3 is 1. The number of hydrogen-bond donors (Lipinski definition) is 1. The Balaban J connectivity index is 1.85. The average molecular weight is 306 g/mol. The monoisotopic (exact) mass is 306 g/mol. The number of para-hydroxylation sites is 1. The van der Waals surface area contributed by atoms with Crippen LogP contribution in [0.1, 0.15) is 19.3 Å². The molecule has 1 aliphatic heterocycles. The quantitative estimate of drug-likeness (QED) is 0.877. The maximum Gasteiger partial charge on any atom is 0.292 e. The van der Waals surface area contributed by atoms with Gasteiger partial charge in [-0.25, -0.2) is 0 Å². The van der Waals surface area contributed by atoms with Gasteiger partial charge in [-0.2, -0.15) is 4.68 Å². The van der Waals surface area contributed by atoms with E-state index in [0.717, 1.165) is 18.0 Å². The number of likely N-dealkylation sites (tertiary alicyclic amines) is 1. The van der Waals surface area contributed by atoms with Gasteiger partial charge in [0.1, 0.15) is 5.75 Å². The van der Waals surface area contributed by atoms with Crippen molar-refractivity contribution in [2.24, 2.45) is 0 Å². The molecule has 0 unspecified atom stereocenters. The molecule has 21 heavy (non-hydrogen) atoms. The fourth-order valence-corrected chi connectivity index (χ4v) is 2.94. The van der Waals surface area contributed by atoms with Crippen LogP contribution in [-0.2, 0) is 6.67 Å². The standard InChI is InChI=1S/C15H19N3O2S/c1-19-13-8-4-3-7-12(13)14-16-18(15(21)20-14)11-17-9-5-2-6-10-17/h3-4,7-8H,2,5-6,9-11H2,1H3/p+1. The highest BCUT2D eigenvalue weighted by molar-refractivity contribution is 7.71. The third-order valence-electron chi connectivity index (χ3n) is 3.88. The molecule has 1 fully saturated rings. The van der Waals surface area contributed by atoms with Crippen LogP contribution in [0.3, 0.4) is 0 Å². The molecule has 0 amide bonds. The van der Waals surface area contributed by atoms with E-state index in [2.05, 4.69) is 5.10 Å². The van der Waals surface area contributed by atoms with Crippen LogP contribution in [0, 0.1) is 4.84 Å². The van der Waals surface area contributed by atoms with Gasteiger partial charge in [0.2, 0.25) is 0 Å². The van der Waals surface area contributed by atoms with Crippen molar-refractivity contribution in [2.45, 2.75) is 25.9 Å². The predicted molar refractivity (Wildman–Crippen MR) is 81.9 cm³/mol. The fraction of sp³-hybridized carbons (Fsp3) is 0.467. The Morgan fingerprint density at radius 1 is 1.29 bits per heavy atom. The molecule has 0 spiro atoms. The zero-order valence-corrected chi connectivity index (χ0v) is 13.0. The van der Waals surface area contributed by atoms with E-state index in [9.17, 15) is 0 Å². The third-order valence-corrected chi connectivity index (χ3v) is 4.17. The number of rotatable bonds is 4. The van der Waals surface area contributed by atoms with E-state index < -0.39 is 0 Å². The van der Waals surface area contributed by atoms with E-state index in [4.69, 9.17) is 21.4 Å². The van der Waals surface area contributed by atoms with E-state index in [1.165, 1.54) is 37.3 Å². The maximum absolute atomic E-state index is 5.66. The number of aromatic nitrogens is 2. The molecule has 1 saturated heterocycles.